The second-order valence-corrected chi connectivity index (χ2v) is 10.8. The summed E-state index contributed by atoms with van der Waals surface area (Å²) < 4.78 is 33.0. The van der Waals surface area contributed by atoms with Crippen molar-refractivity contribution in [3.63, 3.8) is 0 Å². The highest BCUT2D eigenvalue weighted by atomic mass is 32.2. The Bertz CT molecular complexity index is 1140. The monoisotopic (exact) mass is 460 g/mol. The topological polar surface area (TPSA) is 118 Å². The number of pyridine rings is 1. The van der Waals surface area contributed by atoms with Crippen LogP contribution in [-0.2, 0) is 26.2 Å². The molecule has 0 saturated carbocycles. The van der Waals surface area contributed by atoms with Crippen molar-refractivity contribution in [3.8, 4) is 0 Å². The number of hydrogen-bond acceptors (Lipinski definition) is 6. The second-order valence-electron chi connectivity index (χ2n) is 8.79. The quantitative estimate of drug-likeness (QED) is 0.608. The number of nitrogens with zero attached hydrogens (tertiary/aromatic N) is 2. The number of urea groups is 1. The van der Waals surface area contributed by atoms with E-state index in [1.807, 2.05) is 37.3 Å². The molecule has 10 heteroatoms. The van der Waals surface area contributed by atoms with Crippen molar-refractivity contribution < 1.29 is 22.7 Å². The first-order chi connectivity index (χ1) is 15.2. The molecular formula is C22H28N4O5S. The summed E-state index contributed by atoms with van der Waals surface area (Å²) in [5, 5.41) is 5.59. The number of hydrogen-bond donors (Lipinski definition) is 2. The summed E-state index contributed by atoms with van der Waals surface area (Å²) in [5.74, 6) is -0.804. The molecule has 32 heavy (non-hydrogen) atoms. The zero-order valence-electron chi connectivity index (χ0n) is 18.3. The van der Waals surface area contributed by atoms with Crippen molar-refractivity contribution in [2.24, 2.45) is 5.92 Å². The maximum atomic E-state index is 12.8. The van der Waals surface area contributed by atoms with Gasteiger partial charge in [-0.3, -0.25) is 15.1 Å². The molecule has 2 N–H and O–H groups in total. The van der Waals surface area contributed by atoms with E-state index in [4.69, 9.17) is 4.74 Å². The van der Waals surface area contributed by atoms with E-state index in [9.17, 15) is 18.0 Å². The molecule has 0 aliphatic carbocycles. The number of amides is 3. The van der Waals surface area contributed by atoms with Crippen LogP contribution in [0.4, 0.5) is 4.79 Å². The molecule has 2 aromatic rings. The van der Waals surface area contributed by atoms with Gasteiger partial charge < -0.3 is 10.1 Å². The number of carbonyl (C=O) groups is 2. The number of sulfonamides is 1. The summed E-state index contributed by atoms with van der Waals surface area (Å²) >= 11 is 0. The van der Waals surface area contributed by atoms with E-state index in [1.165, 1.54) is 11.2 Å². The van der Waals surface area contributed by atoms with Crippen LogP contribution < -0.4 is 10.6 Å². The van der Waals surface area contributed by atoms with Gasteiger partial charge in [0.2, 0.25) is 10.0 Å². The molecule has 1 aromatic heterocycles. The van der Waals surface area contributed by atoms with E-state index in [2.05, 4.69) is 15.6 Å². The number of para-hydroxylation sites is 1. The van der Waals surface area contributed by atoms with Crippen molar-refractivity contribution in [3.05, 3.63) is 41.6 Å². The number of nitrogens with one attached hydrogen (secondary N) is 2. The minimum absolute atomic E-state index is 0.265. The number of ether oxygens (including phenoxy) is 1. The van der Waals surface area contributed by atoms with Gasteiger partial charge in [0.15, 0.2) is 0 Å². The van der Waals surface area contributed by atoms with Crippen LogP contribution in [0.3, 0.4) is 0 Å². The summed E-state index contributed by atoms with van der Waals surface area (Å²) in [7, 11) is -3.69. The Labute approximate surface area is 187 Å². The number of aromatic nitrogens is 1. The molecule has 0 bridgehead atoms. The van der Waals surface area contributed by atoms with Crippen LogP contribution in [0.2, 0.25) is 0 Å². The Morgan fingerprint density at radius 1 is 1.22 bits per heavy atom. The SMILES string of the molecule is Cc1cc(COCC2CCN(S(=O)(=O)C[C@@]3(C)NC(=O)NC3=O)CC2)c2ccccc2n1. The molecule has 3 heterocycles. The average molecular weight is 461 g/mol. The lowest BCUT2D eigenvalue weighted by Gasteiger charge is -2.33. The van der Waals surface area contributed by atoms with Crippen LogP contribution in [0, 0.1) is 12.8 Å². The van der Waals surface area contributed by atoms with Gasteiger partial charge in [0.05, 0.1) is 17.9 Å². The highest BCUT2D eigenvalue weighted by Crippen LogP contribution is 2.24. The lowest BCUT2D eigenvalue weighted by Crippen LogP contribution is -2.53. The number of rotatable bonds is 7. The summed E-state index contributed by atoms with van der Waals surface area (Å²) in [6.45, 7) is 5.18. The fraction of sp³-hybridized carbons (Fsp3) is 0.500. The van der Waals surface area contributed by atoms with Gasteiger partial charge >= 0.3 is 6.03 Å². The zero-order chi connectivity index (χ0) is 22.9. The Kier molecular flexibility index (Phi) is 6.19. The highest BCUT2D eigenvalue weighted by molar-refractivity contribution is 7.89. The smallest absolute Gasteiger partial charge is 0.322 e. The summed E-state index contributed by atoms with van der Waals surface area (Å²) in [4.78, 5) is 27.9. The molecule has 9 nitrogen and oxygen atoms in total. The molecule has 1 aromatic carbocycles. The van der Waals surface area contributed by atoms with E-state index in [-0.39, 0.29) is 5.92 Å². The molecule has 0 spiro atoms. The molecule has 4 rings (SSSR count). The van der Waals surface area contributed by atoms with Gasteiger partial charge in [0, 0.05) is 30.8 Å². The van der Waals surface area contributed by atoms with E-state index in [1.54, 1.807) is 0 Å². The zero-order valence-corrected chi connectivity index (χ0v) is 19.1. The van der Waals surface area contributed by atoms with Crippen LogP contribution in [-0.4, -0.2) is 60.6 Å². The van der Waals surface area contributed by atoms with Gasteiger partial charge in [-0.2, -0.15) is 0 Å². The number of aryl methyl sites for hydroxylation is 1. The van der Waals surface area contributed by atoms with E-state index >= 15 is 0 Å². The first-order valence-corrected chi connectivity index (χ1v) is 12.3. The number of carbonyl (C=O) groups excluding carboxylic acids is 2. The molecular weight excluding hydrogens is 432 g/mol. The van der Waals surface area contributed by atoms with Crippen molar-refractivity contribution >= 4 is 32.9 Å². The minimum Gasteiger partial charge on any atom is -0.376 e. The van der Waals surface area contributed by atoms with E-state index < -0.39 is 33.3 Å². The van der Waals surface area contributed by atoms with Gasteiger partial charge in [-0.25, -0.2) is 17.5 Å². The first kappa shape index (κ1) is 22.6. The van der Waals surface area contributed by atoms with Crippen LogP contribution in [0.1, 0.15) is 31.0 Å². The summed E-state index contributed by atoms with van der Waals surface area (Å²) in [6, 6.07) is 9.35. The largest absolute Gasteiger partial charge is 0.376 e. The molecule has 2 saturated heterocycles. The van der Waals surface area contributed by atoms with E-state index in [0.717, 1.165) is 22.2 Å². The fourth-order valence-corrected chi connectivity index (χ4v) is 6.22. The third kappa shape index (κ3) is 4.77. The van der Waals surface area contributed by atoms with Crippen LogP contribution in [0.25, 0.3) is 10.9 Å². The van der Waals surface area contributed by atoms with Crippen molar-refractivity contribution in [1.29, 1.82) is 0 Å². The maximum absolute atomic E-state index is 12.8. The lowest BCUT2D eigenvalue weighted by atomic mass is 9.99. The van der Waals surface area contributed by atoms with Crippen molar-refractivity contribution in [2.75, 3.05) is 25.4 Å². The molecule has 3 amide bonds. The number of fused-ring (bicyclic) bond motifs is 1. The molecule has 0 radical (unpaired) electrons. The van der Waals surface area contributed by atoms with Crippen LogP contribution in [0.5, 0.6) is 0 Å². The standard InChI is InChI=1S/C22H28N4O5S/c1-15-11-17(18-5-3-4-6-19(18)23-15)13-31-12-16-7-9-26(10-8-16)32(29,30)14-22(2)20(27)24-21(28)25-22/h3-6,11,16H,7-10,12-14H2,1-2H3,(H2,24,25,27,28)/t22-/m1/s1. The Balaban J connectivity index is 1.29. The fourth-order valence-electron chi connectivity index (χ4n) is 4.34. The Morgan fingerprint density at radius 2 is 1.94 bits per heavy atom. The maximum Gasteiger partial charge on any atom is 0.322 e. The molecule has 2 aliphatic rings. The average Bonchev–Trinajstić information content (AvgIpc) is 2.98. The predicted molar refractivity (Wildman–Crippen MR) is 119 cm³/mol. The predicted octanol–water partition coefficient (Wildman–Crippen LogP) is 1.70. The lowest BCUT2D eigenvalue weighted by molar-refractivity contribution is -0.122. The highest BCUT2D eigenvalue weighted by Gasteiger charge is 2.46. The number of benzene rings is 1. The van der Waals surface area contributed by atoms with E-state index in [0.29, 0.717) is 39.1 Å². The first-order valence-electron chi connectivity index (χ1n) is 10.7. The second kappa shape index (κ2) is 8.76. The third-order valence-electron chi connectivity index (χ3n) is 6.10. The number of imide groups is 1. The van der Waals surface area contributed by atoms with Gasteiger partial charge in [0.25, 0.3) is 5.91 Å². The molecule has 1 atom stereocenters. The van der Waals surface area contributed by atoms with Crippen LogP contribution >= 0.6 is 0 Å². The van der Waals surface area contributed by atoms with Gasteiger partial charge in [-0.1, -0.05) is 18.2 Å². The Hall–Kier alpha value is -2.56. The molecule has 2 fully saturated rings. The number of piperidine rings is 1. The normalized spacial score (nSPS) is 22.8. The van der Waals surface area contributed by atoms with Gasteiger partial charge in [-0.05, 0) is 50.3 Å². The summed E-state index contributed by atoms with van der Waals surface area (Å²) in [5.41, 5.74) is 1.55. The molecule has 0 unspecified atom stereocenters. The summed E-state index contributed by atoms with van der Waals surface area (Å²) in [6.07, 6.45) is 1.37. The molecule has 172 valence electrons. The van der Waals surface area contributed by atoms with Crippen molar-refractivity contribution in [2.45, 2.75) is 38.8 Å². The Morgan fingerprint density at radius 3 is 2.62 bits per heavy atom. The van der Waals surface area contributed by atoms with Crippen molar-refractivity contribution in [1.82, 2.24) is 19.9 Å². The van der Waals surface area contributed by atoms with Gasteiger partial charge in [-0.15, -0.1) is 0 Å². The minimum atomic E-state index is -3.69. The van der Waals surface area contributed by atoms with Crippen LogP contribution in [0.15, 0.2) is 30.3 Å². The molecule has 2 aliphatic heterocycles. The third-order valence-corrected chi connectivity index (χ3v) is 8.19. The van der Waals surface area contributed by atoms with Gasteiger partial charge in [0.1, 0.15) is 5.54 Å².